The molecule has 2 rings (SSSR count). The molecule has 1 aliphatic heterocycles. The van der Waals surface area contributed by atoms with E-state index in [0.717, 1.165) is 6.42 Å². The van der Waals surface area contributed by atoms with Gasteiger partial charge in [-0.3, -0.25) is 9.63 Å². The molecule has 70 valence electrons. The number of amides is 1. The van der Waals surface area contributed by atoms with Crippen molar-refractivity contribution in [2.45, 2.75) is 13.3 Å². The van der Waals surface area contributed by atoms with Crippen LogP contribution in [0.3, 0.4) is 0 Å². The molecular weight excluding hydrogens is 174 g/mol. The van der Waals surface area contributed by atoms with E-state index >= 15 is 0 Å². The topological polar surface area (TPSA) is 68.5 Å². The van der Waals surface area contributed by atoms with Crippen molar-refractivity contribution < 1.29 is 14.3 Å². The number of hydrogen-bond donors (Lipinski definition) is 0. The zero-order valence-corrected chi connectivity index (χ0v) is 7.19. The number of rotatable bonds is 1. The maximum atomic E-state index is 11.6. The van der Waals surface area contributed by atoms with Crippen molar-refractivity contribution in [1.82, 2.24) is 15.4 Å². The normalized spacial score (nSPS) is 16.5. The van der Waals surface area contributed by atoms with Crippen LogP contribution in [-0.2, 0) is 4.84 Å². The van der Waals surface area contributed by atoms with E-state index in [1.54, 1.807) is 6.92 Å². The number of hydroxylamine groups is 2. The highest BCUT2D eigenvalue weighted by Gasteiger charge is 2.25. The fraction of sp³-hybridized carbons (Fsp3) is 0.571. The van der Waals surface area contributed by atoms with Crippen LogP contribution >= 0.6 is 0 Å². The number of carbonyl (C=O) groups is 1. The van der Waals surface area contributed by atoms with Crippen molar-refractivity contribution >= 4 is 5.91 Å². The summed E-state index contributed by atoms with van der Waals surface area (Å²) in [6, 6.07) is 0. The summed E-state index contributed by atoms with van der Waals surface area (Å²) in [7, 11) is 0. The van der Waals surface area contributed by atoms with Crippen LogP contribution in [0.25, 0.3) is 0 Å². The van der Waals surface area contributed by atoms with E-state index in [1.165, 1.54) is 5.06 Å². The fourth-order valence-electron chi connectivity index (χ4n) is 1.15. The van der Waals surface area contributed by atoms with Crippen molar-refractivity contribution in [1.29, 1.82) is 0 Å². The Kier molecular flexibility index (Phi) is 1.97. The maximum Gasteiger partial charge on any atom is 0.301 e. The first-order valence-corrected chi connectivity index (χ1v) is 4.03. The molecule has 1 fully saturated rings. The molecule has 1 amide bonds. The second-order valence-electron chi connectivity index (χ2n) is 2.79. The number of nitrogens with zero attached hydrogens (tertiary/aromatic N) is 3. The number of carbonyl (C=O) groups excluding carboxylic acids is 1. The van der Waals surface area contributed by atoms with E-state index in [9.17, 15) is 4.79 Å². The largest absolute Gasteiger partial charge is 0.301 e. The van der Waals surface area contributed by atoms with Crippen LogP contribution in [0.5, 0.6) is 0 Å². The van der Waals surface area contributed by atoms with Crippen LogP contribution in [-0.4, -0.2) is 34.4 Å². The molecule has 0 aromatic carbocycles. The highest BCUT2D eigenvalue weighted by molar-refractivity contribution is 5.92. The van der Waals surface area contributed by atoms with Crippen LogP contribution in [0.15, 0.2) is 4.63 Å². The summed E-state index contributed by atoms with van der Waals surface area (Å²) >= 11 is 0. The number of aromatic nitrogens is 2. The lowest BCUT2D eigenvalue weighted by molar-refractivity contribution is -0.0774. The van der Waals surface area contributed by atoms with Crippen LogP contribution < -0.4 is 0 Å². The minimum absolute atomic E-state index is 0.224. The molecule has 0 aliphatic carbocycles. The van der Waals surface area contributed by atoms with E-state index in [1.807, 2.05) is 0 Å². The minimum atomic E-state index is -0.281. The monoisotopic (exact) mass is 183 g/mol. The van der Waals surface area contributed by atoms with Gasteiger partial charge in [0.05, 0.1) is 13.2 Å². The van der Waals surface area contributed by atoms with Gasteiger partial charge < -0.3 is 0 Å². The van der Waals surface area contributed by atoms with E-state index in [2.05, 4.69) is 14.9 Å². The molecular formula is C7H9N3O3. The van der Waals surface area contributed by atoms with Gasteiger partial charge in [0.1, 0.15) is 5.69 Å². The number of aryl methyl sites for hydroxylation is 1. The van der Waals surface area contributed by atoms with Gasteiger partial charge >= 0.3 is 5.91 Å². The molecule has 6 nitrogen and oxygen atoms in total. The first-order valence-electron chi connectivity index (χ1n) is 4.03. The zero-order valence-electron chi connectivity index (χ0n) is 7.19. The smallest absolute Gasteiger partial charge is 0.271 e. The van der Waals surface area contributed by atoms with E-state index in [4.69, 9.17) is 4.84 Å². The third kappa shape index (κ3) is 1.40. The molecule has 6 heteroatoms. The molecule has 2 heterocycles. The van der Waals surface area contributed by atoms with Crippen molar-refractivity contribution in [3.05, 3.63) is 11.4 Å². The molecule has 0 atom stereocenters. The summed E-state index contributed by atoms with van der Waals surface area (Å²) in [5, 5.41) is 8.31. The van der Waals surface area contributed by atoms with E-state index in [-0.39, 0.29) is 11.6 Å². The minimum Gasteiger partial charge on any atom is -0.271 e. The lowest BCUT2D eigenvalue weighted by atomic mass is 10.3. The van der Waals surface area contributed by atoms with Crippen LogP contribution in [0.4, 0.5) is 0 Å². The van der Waals surface area contributed by atoms with E-state index in [0.29, 0.717) is 18.8 Å². The average molecular weight is 183 g/mol. The van der Waals surface area contributed by atoms with Crippen molar-refractivity contribution in [3.63, 3.8) is 0 Å². The SMILES string of the molecule is Cc1nonc1C(=O)N1CCCO1. The van der Waals surface area contributed by atoms with Crippen LogP contribution in [0.2, 0.25) is 0 Å². The summed E-state index contributed by atoms with van der Waals surface area (Å²) in [6.07, 6.45) is 0.857. The molecule has 0 unspecified atom stereocenters. The second-order valence-corrected chi connectivity index (χ2v) is 2.79. The molecule has 1 saturated heterocycles. The Hall–Kier alpha value is -1.43. The maximum absolute atomic E-state index is 11.6. The van der Waals surface area contributed by atoms with Gasteiger partial charge in [0, 0.05) is 0 Å². The van der Waals surface area contributed by atoms with Gasteiger partial charge in [-0.2, -0.15) is 0 Å². The Morgan fingerprint density at radius 1 is 1.54 bits per heavy atom. The van der Waals surface area contributed by atoms with Gasteiger partial charge in [0.2, 0.25) is 0 Å². The molecule has 0 bridgehead atoms. The van der Waals surface area contributed by atoms with Gasteiger partial charge in [0.25, 0.3) is 0 Å². The highest BCUT2D eigenvalue weighted by Crippen LogP contribution is 2.11. The first-order chi connectivity index (χ1) is 6.29. The Labute approximate surface area is 74.4 Å². The van der Waals surface area contributed by atoms with Gasteiger partial charge in [-0.25, -0.2) is 9.69 Å². The molecule has 0 N–H and O–H groups in total. The zero-order chi connectivity index (χ0) is 9.26. The second kappa shape index (κ2) is 3.14. The summed E-state index contributed by atoms with van der Waals surface area (Å²) in [5.41, 5.74) is 0.711. The fourth-order valence-corrected chi connectivity index (χ4v) is 1.15. The highest BCUT2D eigenvalue weighted by atomic mass is 16.7. The third-order valence-corrected chi connectivity index (χ3v) is 1.83. The van der Waals surface area contributed by atoms with Crippen molar-refractivity contribution in [2.75, 3.05) is 13.2 Å². The van der Waals surface area contributed by atoms with Crippen LogP contribution in [0.1, 0.15) is 22.6 Å². The van der Waals surface area contributed by atoms with Crippen molar-refractivity contribution in [2.24, 2.45) is 0 Å². The lowest BCUT2D eigenvalue weighted by Gasteiger charge is -2.10. The van der Waals surface area contributed by atoms with Crippen LogP contribution in [0, 0.1) is 6.92 Å². The molecule has 1 aromatic heterocycles. The summed E-state index contributed by atoms with van der Waals surface area (Å²) in [4.78, 5) is 16.6. The Balaban J connectivity index is 2.17. The first kappa shape index (κ1) is 8.18. The molecule has 13 heavy (non-hydrogen) atoms. The Morgan fingerprint density at radius 3 is 2.92 bits per heavy atom. The summed E-state index contributed by atoms with van der Waals surface area (Å²) in [6.45, 7) is 2.85. The predicted octanol–water partition coefficient (Wildman–Crippen LogP) is 0.156. The van der Waals surface area contributed by atoms with Gasteiger partial charge in [-0.05, 0) is 18.5 Å². The van der Waals surface area contributed by atoms with Gasteiger partial charge in [-0.1, -0.05) is 5.16 Å². The number of hydrogen-bond acceptors (Lipinski definition) is 5. The Morgan fingerprint density at radius 2 is 2.38 bits per heavy atom. The third-order valence-electron chi connectivity index (χ3n) is 1.83. The quantitative estimate of drug-likeness (QED) is 0.620. The molecule has 1 aromatic rings. The molecule has 0 radical (unpaired) electrons. The predicted molar refractivity (Wildman–Crippen MR) is 40.6 cm³/mol. The lowest BCUT2D eigenvalue weighted by Crippen LogP contribution is -2.27. The van der Waals surface area contributed by atoms with Gasteiger partial charge in [-0.15, -0.1) is 0 Å². The summed E-state index contributed by atoms with van der Waals surface area (Å²) in [5.74, 6) is -0.281. The molecule has 0 spiro atoms. The molecule has 1 aliphatic rings. The average Bonchev–Trinajstić information content (AvgIpc) is 2.72. The van der Waals surface area contributed by atoms with Gasteiger partial charge in [0.15, 0.2) is 5.69 Å². The van der Waals surface area contributed by atoms with Crippen molar-refractivity contribution in [3.8, 4) is 0 Å². The molecule has 0 saturated carbocycles. The standard InChI is InChI=1S/C7H9N3O3/c1-5-6(9-13-8-5)7(11)10-3-2-4-12-10/h2-4H2,1H3. The Bertz CT molecular complexity index is 317. The van der Waals surface area contributed by atoms with E-state index < -0.39 is 0 Å². The summed E-state index contributed by atoms with van der Waals surface area (Å²) < 4.78 is 4.42.